The van der Waals surface area contributed by atoms with E-state index in [1.165, 1.54) is 32.6 Å². The Morgan fingerprint density at radius 1 is 0.895 bits per heavy atom. The van der Waals surface area contributed by atoms with E-state index in [1.807, 2.05) is 21.1 Å². The first-order chi connectivity index (χ1) is 18.1. The zero-order chi connectivity index (χ0) is 28.5. The van der Waals surface area contributed by atoms with Crippen molar-refractivity contribution in [3.63, 3.8) is 0 Å². The minimum Gasteiger partial charge on any atom is -0.756 e. The van der Waals surface area contributed by atoms with Gasteiger partial charge in [0.05, 0.1) is 27.7 Å². The molecular weight excluding hydrogens is 503 g/mol. The van der Waals surface area contributed by atoms with Gasteiger partial charge in [-0.1, -0.05) is 68.4 Å². The zero-order valence-corrected chi connectivity index (χ0v) is 25.3. The number of quaternary nitrogens is 1. The highest BCUT2D eigenvalue weighted by Crippen LogP contribution is 2.39. The monoisotopic (exact) mass is 556 g/mol. The van der Waals surface area contributed by atoms with E-state index in [9.17, 15) is 14.3 Å². The van der Waals surface area contributed by atoms with E-state index in [1.54, 1.807) is 0 Å². The van der Waals surface area contributed by atoms with Crippen LogP contribution in [0.25, 0.3) is 0 Å². The summed E-state index contributed by atoms with van der Waals surface area (Å²) >= 11 is 0. The number of allylic oxidation sites excluding steroid dienone is 8. The zero-order valence-electron chi connectivity index (χ0n) is 24.4. The topological polar surface area (TPSA) is 96.9 Å². The average molecular weight is 557 g/mol. The molecule has 2 atom stereocenters. The summed E-state index contributed by atoms with van der Waals surface area (Å²) in [6.45, 7) is 4.69. The first kappa shape index (κ1) is 36.5. The van der Waals surface area contributed by atoms with Crippen molar-refractivity contribution < 1.29 is 32.5 Å². The Balaban J connectivity index is 3.71. The molecule has 8 nitrogen and oxygen atoms in total. The largest absolute Gasteiger partial charge is 0.756 e. The molecule has 0 fully saturated rings. The van der Waals surface area contributed by atoms with Crippen molar-refractivity contribution in [3.05, 3.63) is 48.6 Å². The van der Waals surface area contributed by atoms with Crippen molar-refractivity contribution in [2.24, 2.45) is 0 Å². The van der Waals surface area contributed by atoms with Crippen LogP contribution < -0.4 is 10.2 Å². The molecule has 0 bridgehead atoms. The molecule has 9 heteroatoms. The smallest absolute Gasteiger partial charge is 0.270 e. The molecule has 0 heterocycles. The van der Waals surface area contributed by atoms with Gasteiger partial charge >= 0.3 is 0 Å². The molecule has 38 heavy (non-hydrogen) atoms. The third kappa shape index (κ3) is 27.5. The van der Waals surface area contributed by atoms with Crippen molar-refractivity contribution in [1.29, 1.82) is 0 Å². The molecule has 0 rings (SSSR count). The number of hydrogen-bond donors (Lipinski definition) is 1. The Hall–Kier alpha value is -1.54. The van der Waals surface area contributed by atoms with Gasteiger partial charge in [0.2, 0.25) is 5.91 Å². The summed E-state index contributed by atoms with van der Waals surface area (Å²) in [6, 6.07) is 0. The second-order valence-corrected chi connectivity index (χ2v) is 11.5. The molecule has 0 spiro atoms. The van der Waals surface area contributed by atoms with E-state index < -0.39 is 14.1 Å². The van der Waals surface area contributed by atoms with Gasteiger partial charge in [0.15, 0.2) is 6.29 Å². The van der Waals surface area contributed by atoms with Gasteiger partial charge in [-0.3, -0.25) is 13.9 Å². The fourth-order valence-electron chi connectivity index (χ4n) is 3.11. The standard InChI is InChI=1S/C29H53N2O6P/c1-6-7-8-9-10-11-12-13-14-15-16-17-18-19-20-21-22-23-29(32)30-24-26-35-28(2)37-38(33,34)36-27-25-31(3,4)5/h10-11,13-14,16-17,19-20,28H,6-9,12,15,18,21-27H2,1-5H3,(H-,30,32,33,34)/b11-10-,14-13-,17-16-,20-19-. The van der Waals surface area contributed by atoms with E-state index >= 15 is 0 Å². The van der Waals surface area contributed by atoms with E-state index in [0.29, 0.717) is 17.4 Å². The number of phosphoric ester groups is 1. The molecule has 220 valence electrons. The van der Waals surface area contributed by atoms with Gasteiger partial charge in [-0.2, -0.15) is 0 Å². The van der Waals surface area contributed by atoms with Crippen LogP contribution in [-0.4, -0.2) is 64.1 Å². The number of phosphoric acid groups is 1. The summed E-state index contributed by atoms with van der Waals surface area (Å²) in [5, 5.41) is 2.76. The second-order valence-electron chi connectivity index (χ2n) is 10.2. The molecule has 1 N–H and O–H groups in total. The fraction of sp³-hybridized carbons (Fsp3) is 0.690. The summed E-state index contributed by atoms with van der Waals surface area (Å²) in [7, 11) is 1.38. The van der Waals surface area contributed by atoms with Gasteiger partial charge in [-0.15, -0.1) is 0 Å². The highest BCUT2D eigenvalue weighted by molar-refractivity contribution is 7.45. The minimum atomic E-state index is -4.43. The Kier molecular flexibility index (Phi) is 22.4. The van der Waals surface area contributed by atoms with Crippen LogP contribution in [0.1, 0.15) is 78.1 Å². The minimum absolute atomic E-state index is 0.0358. The van der Waals surface area contributed by atoms with Crippen LogP contribution >= 0.6 is 7.82 Å². The van der Waals surface area contributed by atoms with Crippen LogP contribution in [0.3, 0.4) is 0 Å². The lowest BCUT2D eigenvalue weighted by Gasteiger charge is -2.28. The van der Waals surface area contributed by atoms with E-state index in [2.05, 4.69) is 60.8 Å². The summed E-state index contributed by atoms with van der Waals surface area (Å²) < 4.78 is 27.4. The molecule has 0 aromatic carbocycles. The summed E-state index contributed by atoms with van der Waals surface area (Å²) in [6.07, 6.45) is 26.4. The third-order valence-corrected chi connectivity index (χ3v) is 6.35. The van der Waals surface area contributed by atoms with Crippen LogP contribution in [-0.2, 0) is 23.1 Å². The van der Waals surface area contributed by atoms with Crippen LogP contribution in [0.2, 0.25) is 0 Å². The number of amides is 1. The fourth-order valence-corrected chi connectivity index (χ4v) is 3.90. The van der Waals surface area contributed by atoms with Crippen molar-refractivity contribution in [2.45, 2.75) is 84.3 Å². The van der Waals surface area contributed by atoms with Crippen LogP contribution in [0, 0.1) is 0 Å². The summed E-state index contributed by atoms with van der Waals surface area (Å²) in [5.41, 5.74) is 0. The van der Waals surface area contributed by atoms with Crippen molar-refractivity contribution in [3.8, 4) is 0 Å². The number of rotatable bonds is 24. The maximum Gasteiger partial charge on any atom is 0.270 e. The van der Waals surface area contributed by atoms with Crippen molar-refractivity contribution in [1.82, 2.24) is 5.32 Å². The van der Waals surface area contributed by atoms with Crippen LogP contribution in [0.4, 0.5) is 0 Å². The summed E-state index contributed by atoms with van der Waals surface area (Å²) in [4.78, 5) is 23.7. The lowest BCUT2D eigenvalue weighted by molar-refractivity contribution is -0.870. The Morgan fingerprint density at radius 2 is 1.45 bits per heavy atom. The molecule has 2 unspecified atom stereocenters. The number of ether oxygens (including phenoxy) is 1. The first-order valence-electron chi connectivity index (χ1n) is 14.0. The molecule has 0 aliphatic rings. The highest BCUT2D eigenvalue weighted by atomic mass is 31.2. The molecule has 0 saturated heterocycles. The maximum atomic E-state index is 11.9. The molecular formula is C29H53N2O6P. The van der Waals surface area contributed by atoms with E-state index in [0.717, 1.165) is 32.1 Å². The molecule has 0 aliphatic heterocycles. The molecule has 1 amide bonds. The SMILES string of the molecule is CCCCC/C=C\C/C=C\C/C=C\C/C=C\CCCC(=O)NCCOC(C)OP(=O)([O-])OCC[N+](C)(C)C. The number of likely N-dealkylation sites (N-methyl/N-ethyl adjacent to an activating group) is 1. The molecule has 0 aromatic rings. The number of carbonyl (C=O) groups is 1. The number of nitrogens with one attached hydrogen (secondary N) is 1. The van der Waals surface area contributed by atoms with Gasteiger partial charge in [0.25, 0.3) is 7.82 Å². The Morgan fingerprint density at radius 3 is 2.00 bits per heavy atom. The maximum absolute atomic E-state index is 11.9. The third-order valence-electron chi connectivity index (χ3n) is 5.30. The van der Waals surface area contributed by atoms with E-state index in [-0.39, 0.29) is 25.7 Å². The Labute approximate surface area is 232 Å². The second kappa shape index (κ2) is 23.4. The first-order valence-corrected chi connectivity index (χ1v) is 15.4. The highest BCUT2D eigenvalue weighted by Gasteiger charge is 2.17. The number of nitrogens with zero attached hydrogens (tertiary/aromatic N) is 1. The molecule has 0 aliphatic carbocycles. The van der Waals surface area contributed by atoms with Gasteiger partial charge in [0.1, 0.15) is 13.2 Å². The normalized spacial score (nSPS) is 15.2. The number of hydrogen-bond acceptors (Lipinski definition) is 6. The summed E-state index contributed by atoms with van der Waals surface area (Å²) in [5.74, 6) is -0.0591. The van der Waals surface area contributed by atoms with Crippen LogP contribution in [0.5, 0.6) is 0 Å². The van der Waals surface area contributed by atoms with Gasteiger partial charge < -0.3 is 24.0 Å². The Bertz CT molecular complexity index is 759. The average Bonchev–Trinajstić information content (AvgIpc) is 2.82. The van der Waals surface area contributed by atoms with Crippen LogP contribution in [0.15, 0.2) is 48.6 Å². The van der Waals surface area contributed by atoms with Crippen molar-refractivity contribution in [2.75, 3.05) is 47.4 Å². The predicted octanol–water partition coefficient (Wildman–Crippen LogP) is 5.82. The van der Waals surface area contributed by atoms with Gasteiger partial charge in [0, 0.05) is 13.0 Å². The lowest BCUT2D eigenvalue weighted by Crippen LogP contribution is -2.37. The number of unbranched alkanes of at least 4 members (excludes halogenated alkanes) is 4. The molecule has 0 radical (unpaired) electrons. The lowest BCUT2D eigenvalue weighted by atomic mass is 10.2. The number of carbonyl (C=O) groups excluding carboxylic acids is 1. The quantitative estimate of drug-likeness (QED) is 0.0529. The molecule has 0 aromatic heterocycles. The van der Waals surface area contributed by atoms with E-state index in [4.69, 9.17) is 13.8 Å². The van der Waals surface area contributed by atoms with Gasteiger partial charge in [-0.25, -0.2) is 0 Å². The predicted molar refractivity (Wildman–Crippen MR) is 154 cm³/mol. The van der Waals surface area contributed by atoms with Gasteiger partial charge in [-0.05, 0) is 51.9 Å². The van der Waals surface area contributed by atoms with Crippen molar-refractivity contribution >= 4 is 13.7 Å². The molecule has 0 saturated carbocycles.